The van der Waals surface area contributed by atoms with E-state index < -0.39 is 10.0 Å². The van der Waals surface area contributed by atoms with Gasteiger partial charge >= 0.3 is 0 Å². The fourth-order valence-corrected chi connectivity index (χ4v) is 3.96. The van der Waals surface area contributed by atoms with E-state index in [1.807, 2.05) is 6.92 Å². The quantitative estimate of drug-likeness (QED) is 0.778. The van der Waals surface area contributed by atoms with E-state index in [9.17, 15) is 8.42 Å². The molecule has 104 valence electrons. The lowest BCUT2D eigenvalue weighted by Crippen LogP contribution is -2.11. The van der Waals surface area contributed by atoms with Crippen LogP contribution in [0.5, 0.6) is 0 Å². The van der Waals surface area contributed by atoms with Gasteiger partial charge in [-0.25, -0.2) is 13.4 Å². The summed E-state index contributed by atoms with van der Waals surface area (Å²) in [6.07, 6.45) is 0.810. The van der Waals surface area contributed by atoms with E-state index in [1.165, 1.54) is 11.3 Å². The van der Waals surface area contributed by atoms with Gasteiger partial charge in [0.15, 0.2) is 0 Å². The van der Waals surface area contributed by atoms with Crippen LogP contribution in [0, 0.1) is 0 Å². The third-order valence-electron chi connectivity index (χ3n) is 2.88. The van der Waals surface area contributed by atoms with Gasteiger partial charge in [-0.05, 0) is 29.6 Å². The van der Waals surface area contributed by atoms with Crippen LogP contribution in [0.25, 0.3) is 11.0 Å². The largest absolute Gasteiger partial charge is 0.342 e. The first-order chi connectivity index (χ1) is 9.58. The van der Waals surface area contributed by atoms with Crippen molar-refractivity contribution in [2.24, 2.45) is 0 Å². The second-order valence-corrected chi connectivity index (χ2v) is 7.16. The first-order valence-electron chi connectivity index (χ1n) is 6.13. The van der Waals surface area contributed by atoms with Crippen molar-refractivity contribution in [2.75, 3.05) is 4.72 Å². The number of anilines is 1. The lowest BCUT2D eigenvalue weighted by molar-refractivity contribution is 0.603. The highest BCUT2D eigenvalue weighted by Crippen LogP contribution is 2.22. The molecule has 2 aromatic heterocycles. The molecule has 0 amide bonds. The summed E-state index contributed by atoms with van der Waals surface area (Å²) in [7, 11) is -3.50. The van der Waals surface area contributed by atoms with Crippen LogP contribution in [-0.4, -0.2) is 18.4 Å². The second-order valence-electron chi connectivity index (χ2n) is 4.31. The fraction of sp³-hybridized carbons (Fsp3) is 0.154. The number of H-pyrrole nitrogens is 1. The van der Waals surface area contributed by atoms with Crippen LogP contribution in [0.2, 0.25) is 0 Å². The number of hydrogen-bond donors (Lipinski definition) is 2. The Balaban J connectivity index is 1.95. The van der Waals surface area contributed by atoms with Crippen LogP contribution in [0.1, 0.15) is 12.7 Å². The Morgan fingerprint density at radius 1 is 1.35 bits per heavy atom. The Morgan fingerprint density at radius 2 is 2.20 bits per heavy atom. The molecule has 2 N–H and O–H groups in total. The molecule has 0 aliphatic heterocycles. The molecule has 0 fully saturated rings. The van der Waals surface area contributed by atoms with Crippen LogP contribution in [0.3, 0.4) is 0 Å². The maximum absolute atomic E-state index is 12.1. The van der Waals surface area contributed by atoms with Gasteiger partial charge in [0, 0.05) is 6.42 Å². The van der Waals surface area contributed by atoms with Gasteiger partial charge in [-0.1, -0.05) is 13.0 Å². The normalized spacial score (nSPS) is 11.8. The van der Waals surface area contributed by atoms with Gasteiger partial charge in [0.2, 0.25) is 0 Å². The minimum absolute atomic E-state index is 0.302. The van der Waals surface area contributed by atoms with E-state index in [1.54, 1.807) is 35.7 Å². The molecule has 0 saturated heterocycles. The zero-order valence-electron chi connectivity index (χ0n) is 10.8. The summed E-state index contributed by atoms with van der Waals surface area (Å²) in [5.41, 5.74) is 2.19. The molecule has 0 saturated carbocycles. The third kappa shape index (κ3) is 2.41. The van der Waals surface area contributed by atoms with E-state index in [4.69, 9.17) is 0 Å². The van der Waals surface area contributed by atoms with Crippen LogP contribution in [0.4, 0.5) is 5.69 Å². The number of thiophene rings is 1. The third-order valence-corrected chi connectivity index (χ3v) is 5.66. The summed E-state index contributed by atoms with van der Waals surface area (Å²) in [6, 6.07) is 8.57. The summed E-state index contributed by atoms with van der Waals surface area (Å²) in [4.78, 5) is 7.55. The van der Waals surface area contributed by atoms with Gasteiger partial charge in [0.1, 0.15) is 10.0 Å². The molecule has 3 rings (SSSR count). The molecule has 0 unspecified atom stereocenters. The molecule has 0 aliphatic rings. The predicted molar refractivity (Wildman–Crippen MR) is 80.6 cm³/mol. The predicted octanol–water partition coefficient (Wildman–Crippen LogP) is 2.99. The van der Waals surface area contributed by atoms with Crippen molar-refractivity contribution in [1.82, 2.24) is 9.97 Å². The van der Waals surface area contributed by atoms with Crippen molar-refractivity contribution in [3.63, 3.8) is 0 Å². The van der Waals surface area contributed by atoms with E-state index in [0.29, 0.717) is 9.90 Å². The number of imidazole rings is 1. The molecular formula is C13H13N3O2S2. The molecule has 1 aromatic carbocycles. The number of nitrogens with one attached hydrogen (secondary N) is 2. The molecule has 0 atom stereocenters. The van der Waals surface area contributed by atoms with Crippen molar-refractivity contribution in [2.45, 2.75) is 17.6 Å². The molecule has 20 heavy (non-hydrogen) atoms. The fourth-order valence-electron chi connectivity index (χ4n) is 1.92. The topological polar surface area (TPSA) is 74.8 Å². The SMILES string of the molecule is CCc1nc2ccc(NS(=O)(=O)c3cccs3)cc2[nH]1. The molecule has 0 bridgehead atoms. The van der Waals surface area contributed by atoms with Gasteiger partial charge in [-0.15, -0.1) is 11.3 Å². The first-order valence-corrected chi connectivity index (χ1v) is 8.50. The number of hydrogen-bond acceptors (Lipinski definition) is 4. The highest BCUT2D eigenvalue weighted by Gasteiger charge is 2.15. The van der Waals surface area contributed by atoms with Crippen molar-refractivity contribution in [3.05, 3.63) is 41.5 Å². The van der Waals surface area contributed by atoms with Crippen LogP contribution < -0.4 is 4.72 Å². The molecule has 0 aliphatic carbocycles. The number of fused-ring (bicyclic) bond motifs is 1. The van der Waals surface area contributed by atoms with Gasteiger partial charge in [-0.3, -0.25) is 4.72 Å². The van der Waals surface area contributed by atoms with Crippen molar-refractivity contribution in [3.8, 4) is 0 Å². The summed E-state index contributed by atoms with van der Waals surface area (Å²) in [5, 5.41) is 1.74. The van der Waals surface area contributed by atoms with E-state index in [0.717, 1.165) is 23.3 Å². The number of aryl methyl sites for hydroxylation is 1. The lowest BCUT2D eigenvalue weighted by atomic mass is 10.3. The molecule has 7 heteroatoms. The van der Waals surface area contributed by atoms with Crippen LogP contribution in [0.15, 0.2) is 39.9 Å². The standard InChI is InChI=1S/C13H13N3O2S2/c1-2-12-14-10-6-5-9(8-11(10)15-12)16-20(17,18)13-4-3-7-19-13/h3-8,16H,2H2,1H3,(H,14,15). The minimum Gasteiger partial charge on any atom is -0.342 e. The monoisotopic (exact) mass is 307 g/mol. The van der Waals surface area contributed by atoms with Crippen molar-refractivity contribution >= 4 is 38.1 Å². The van der Waals surface area contributed by atoms with Gasteiger partial charge in [0.05, 0.1) is 16.7 Å². The number of nitrogens with zero attached hydrogens (tertiary/aromatic N) is 1. The first kappa shape index (κ1) is 13.1. The average molecular weight is 307 g/mol. The molecule has 0 radical (unpaired) electrons. The maximum Gasteiger partial charge on any atom is 0.271 e. The molecule has 2 heterocycles. The summed E-state index contributed by atoms with van der Waals surface area (Å²) >= 11 is 1.19. The lowest BCUT2D eigenvalue weighted by Gasteiger charge is -2.05. The highest BCUT2D eigenvalue weighted by molar-refractivity contribution is 7.94. The van der Waals surface area contributed by atoms with Crippen LogP contribution >= 0.6 is 11.3 Å². The average Bonchev–Trinajstić information content (AvgIpc) is 3.07. The van der Waals surface area contributed by atoms with E-state index in [-0.39, 0.29) is 0 Å². The molecule has 3 aromatic rings. The van der Waals surface area contributed by atoms with Crippen molar-refractivity contribution in [1.29, 1.82) is 0 Å². The Labute approximate surface area is 120 Å². The zero-order valence-corrected chi connectivity index (χ0v) is 12.4. The Morgan fingerprint density at radius 3 is 2.90 bits per heavy atom. The maximum atomic E-state index is 12.1. The van der Waals surface area contributed by atoms with Gasteiger partial charge in [0.25, 0.3) is 10.0 Å². The van der Waals surface area contributed by atoms with Gasteiger partial charge < -0.3 is 4.98 Å². The Bertz CT molecular complexity index is 836. The molecule has 5 nitrogen and oxygen atoms in total. The summed E-state index contributed by atoms with van der Waals surface area (Å²) < 4.78 is 27.1. The summed E-state index contributed by atoms with van der Waals surface area (Å²) in [5.74, 6) is 0.887. The smallest absolute Gasteiger partial charge is 0.271 e. The van der Waals surface area contributed by atoms with Gasteiger partial charge in [-0.2, -0.15) is 0 Å². The number of aromatic amines is 1. The van der Waals surface area contributed by atoms with E-state index in [2.05, 4.69) is 14.7 Å². The highest BCUT2D eigenvalue weighted by atomic mass is 32.2. The zero-order chi connectivity index (χ0) is 14.2. The number of aromatic nitrogens is 2. The Kier molecular flexibility index (Phi) is 3.23. The second kappa shape index (κ2) is 4.92. The number of benzene rings is 1. The summed E-state index contributed by atoms with van der Waals surface area (Å²) in [6.45, 7) is 2.01. The molecular weight excluding hydrogens is 294 g/mol. The Hall–Kier alpha value is -1.86. The molecule has 0 spiro atoms. The van der Waals surface area contributed by atoms with E-state index >= 15 is 0 Å². The number of sulfonamides is 1. The van der Waals surface area contributed by atoms with Crippen LogP contribution in [-0.2, 0) is 16.4 Å². The minimum atomic E-state index is -3.50. The number of rotatable bonds is 4. The van der Waals surface area contributed by atoms with Crippen molar-refractivity contribution < 1.29 is 8.42 Å².